The summed E-state index contributed by atoms with van der Waals surface area (Å²) in [7, 11) is 0. The smallest absolute Gasteiger partial charge is 0.325 e. The van der Waals surface area contributed by atoms with Crippen LogP contribution in [0.1, 0.15) is 6.92 Å². The Morgan fingerprint density at radius 2 is 2.38 bits per heavy atom. The van der Waals surface area contributed by atoms with Crippen molar-refractivity contribution in [1.82, 2.24) is 4.98 Å². The van der Waals surface area contributed by atoms with Crippen LogP contribution in [0.4, 0.5) is 5.82 Å². The Morgan fingerprint density at radius 3 is 2.85 bits per heavy atom. The van der Waals surface area contributed by atoms with Crippen LogP contribution in [0.2, 0.25) is 5.02 Å². The Kier molecular flexibility index (Phi) is 3.08. The number of carboxylic acid groups (broad SMARTS) is 1. The average molecular weight is 201 g/mol. The fourth-order valence-corrected chi connectivity index (χ4v) is 0.857. The average Bonchev–Trinajstić information content (AvgIpc) is 2.08. The second-order valence-corrected chi connectivity index (χ2v) is 3.00. The van der Waals surface area contributed by atoms with Gasteiger partial charge in [-0.3, -0.25) is 4.79 Å². The highest BCUT2D eigenvalue weighted by Crippen LogP contribution is 2.10. The van der Waals surface area contributed by atoms with E-state index in [0.29, 0.717) is 10.8 Å². The molecule has 0 bridgehead atoms. The maximum atomic E-state index is 10.5. The Bertz CT molecular complexity index is 300. The van der Waals surface area contributed by atoms with E-state index in [2.05, 4.69) is 10.3 Å². The molecule has 0 radical (unpaired) electrons. The Hall–Kier alpha value is -1.29. The molecule has 0 aromatic carbocycles. The summed E-state index contributed by atoms with van der Waals surface area (Å²) in [6.45, 7) is 1.54. The molecular weight excluding hydrogens is 192 g/mol. The number of nitrogens with one attached hydrogen (secondary N) is 1. The second kappa shape index (κ2) is 4.09. The molecule has 4 nitrogen and oxygen atoms in total. The van der Waals surface area contributed by atoms with E-state index < -0.39 is 12.0 Å². The number of rotatable bonds is 3. The van der Waals surface area contributed by atoms with Crippen LogP contribution in [0.15, 0.2) is 18.3 Å². The zero-order chi connectivity index (χ0) is 9.84. The number of carbonyl (C=O) groups is 1. The summed E-state index contributed by atoms with van der Waals surface area (Å²) in [5.41, 5.74) is 0. The van der Waals surface area contributed by atoms with Crippen LogP contribution in [0, 0.1) is 0 Å². The molecule has 0 aliphatic carbocycles. The number of hydrogen-bond acceptors (Lipinski definition) is 3. The van der Waals surface area contributed by atoms with Gasteiger partial charge in [-0.1, -0.05) is 11.6 Å². The van der Waals surface area contributed by atoms with Gasteiger partial charge in [0.05, 0.1) is 5.02 Å². The van der Waals surface area contributed by atoms with Gasteiger partial charge in [0, 0.05) is 6.20 Å². The van der Waals surface area contributed by atoms with E-state index in [9.17, 15) is 4.79 Å². The molecule has 1 rings (SSSR count). The summed E-state index contributed by atoms with van der Waals surface area (Å²) in [6.07, 6.45) is 1.46. The van der Waals surface area contributed by atoms with Gasteiger partial charge in [0.25, 0.3) is 0 Å². The molecule has 0 aliphatic rings. The van der Waals surface area contributed by atoms with Crippen molar-refractivity contribution in [3.05, 3.63) is 23.4 Å². The number of halogens is 1. The van der Waals surface area contributed by atoms with Gasteiger partial charge in [-0.05, 0) is 19.1 Å². The molecule has 0 saturated heterocycles. The first-order valence-electron chi connectivity index (χ1n) is 3.70. The maximum Gasteiger partial charge on any atom is 0.325 e. The van der Waals surface area contributed by atoms with Gasteiger partial charge in [-0.15, -0.1) is 0 Å². The summed E-state index contributed by atoms with van der Waals surface area (Å²) in [4.78, 5) is 14.3. The van der Waals surface area contributed by atoms with Crippen molar-refractivity contribution in [3.8, 4) is 0 Å². The van der Waals surface area contributed by atoms with E-state index in [1.54, 1.807) is 19.1 Å². The topological polar surface area (TPSA) is 62.2 Å². The number of pyridine rings is 1. The van der Waals surface area contributed by atoms with E-state index in [4.69, 9.17) is 16.7 Å². The van der Waals surface area contributed by atoms with Crippen LogP contribution in [-0.4, -0.2) is 22.1 Å². The van der Waals surface area contributed by atoms with Crippen molar-refractivity contribution in [1.29, 1.82) is 0 Å². The molecule has 2 N–H and O–H groups in total. The molecule has 1 atom stereocenters. The number of anilines is 1. The summed E-state index contributed by atoms with van der Waals surface area (Å²) in [6, 6.07) is 2.61. The van der Waals surface area contributed by atoms with Crippen molar-refractivity contribution >= 4 is 23.4 Å². The molecule has 13 heavy (non-hydrogen) atoms. The van der Waals surface area contributed by atoms with Crippen LogP contribution in [0.5, 0.6) is 0 Å². The standard InChI is InChI=1S/C8H9ClN2O2/c1-5(8(12)13)11-7-3-2-6(9)4-10-7/h2-5H,1H3,(H,10,11)(H,12,13). The lowest BCUT2D eigenvalue weighted by atomic mass is 10.3. The first-order valence-corrected chi connectivity index (χ1v) is 4.08. The highest BCUT2D eigenvalue weighted by atomic mass is 35.5. The van der Waals surface area contributed by atoms with Gasteiger partial charge in [0.2, 0.25) is 0 Å². The fourth-order valence-electron chi connectivity index (χ4n) is 0.745. The zero-order valence-corrected chi connectivity index (χ0v) is 7.75. The zero-order valence-electron chi connectivity index (χ0n) is 6.99. The Labute approximate surface area is 80.6 Å². The third-order valence-electron chi connectivity index (χ3n) is 1.46. The van der Waals surface area contributed by atoms with Crippen LogP contribution in [0.3, 0.4) is 0 Å². The lowest BCUT2D eigenvalue weighted by molar-refractivity contribution is -0.137. The minimum absolute atomic E-state index is 0.499. The van der Waals surface area contributed by atoms with Gasteiger partial charge in [-0.25, -0.2) is 4.98 Å². The highest BCUT2D eigenvalue weighted by Gasteiger charge is 2.09. The molecule has 1 aromatic rings. The van der Waals surface area contributed by atoms with Gasteiger partial charge in [0.15, 0.2) is 0 Å². The van der Waals surface area contributed by atoms with Crippen molar-refractivity contribution in [3.63, 3.8) is 0 Å². The largest absolute Gasteiger partial charge is 0.480 e. The van der Waals surface area contributed by atoms with Gasteiger partial charge < -0.3 is 10.4 Å². The molecule has 0 aliphatic heterocycles. The van der Waals surface area contributed by atoms with E-state index in [1.165, 1.54) is 6.20 Å². The summed E-state index contributed by atoms with van der Waals surface area (Å²) < 4.78 is 0. The first kappa shape index (κ1) is 9.80. The number of aromatic nitrogens is 1. The van der Waals surface area contributed by atoms with Crippen molar-refractivity contribution in [2.75, 3.05) is 5.32 Å². The van der Waals surface area contributed by atoms with Crippen molar-refractivity contribution in [2.45, 2.75) is 13.0 Å². The van der Waals surface area contributed by atoms with E-state index in [0.717, 1.165) is 0 Å². The lowest BCUT2D eigenvalue weighted by Gasteiger charge is -2.08. The molecular formula is C8H9ClN2O2. The maximum absolute atomic E-state index is 10.5. The van der Waals surface area contributed by atoms with E-state index >= 15 is 0 Å². The van der Waals surface area contributed by atoms with E-state index in [1.807, 2.05) is 0 Å². The molecule has 1 heterocycles. The highest BCUT2D eigenvalue weighted by molar-refractivity contribution is 6.30. The van der Waals surface area contributed by atoms with Crippen LogP contribution in [-0.2, 0) is 4.79 Å². The number of hydrogen-bond donors (Lipinski definition) is 2. The van der Waals surface area contributed by atoms with Crippen LogP contribution >= 0.6 is 11.6 Å². The van der Waals surface area contributed by atoms with Gasteiger partial charge in [0.1, 0.15) is 11.9 Å². The molecule has 0 spiro atoms. The quantitative estimate of drug-likeness (QED) is 0.779. The summed E-state index contributed by atoms with van der Waals surface area (Å²) >= 11 is 5.60. The number of aliphatic carboxylic acids is 1. The minimum Gasteiger partial charge on any atom is -0.480 e. The third-order valence-corrected chi connectivity index (χ3v) is 1.69. The predicted molar refractivity (Wildman–Crippen MR) is 50.0 cm³/mol. The number of carboxylic acids is 1. The summed E-state index contributed by atoms with van der Waals surface area (Å²) in [5.74, 6) is -0.420. The fraction of sp³-hybridized carbons (Fsp3) is 0.250. The van der Waals surface area contributed by atoms with E-state index in [-0.39, 0.29) is 0 Å². The number of nitrogens with zero attached hydrogens (tertiary/aromatic N) is 1. The van der Waals surface area contributed by atoms with Crippen molar-refractivity contribution < 1.29 is 9.90 Å². The molecule has 0 amide bonds. The Balaban J connectivity index is 2.64. The van der Waals surface area contributed by atoms with Gasteiger partial charge >= 0.3 is 5.97 Å². The Morgan fingerprint density at radius 1 is 1.69 bits per heavy atom. The van der Waals surface area contributed by atoms with Crippen LogP contribution < -0.4 is 5.32 Å². The molecule has 70 valence electrons. The molecule has 5 heteroatoms. The molecule has 1 unspecified atom stereocenters. The first-order chi connectivity index (χ1) is 6.09. The monoisotopic (exact) mass is 200 g/mol. The second-order valence-electron chi connectivity index (χ2n) is 2.57. The lowest BCUT2D eigenvalue weighted by Crippen LogP contribution is -2.25. The SMILES string of the molecule is CC(Nc1ccc(Cl)cn1)C(=O)O. The third kappa shape index (κ3) is 2.91. The predicted octanol–water partition coefficient (Wildman–Crippen LogP) is 1.62. The minimum atomic E-state index is -0.920. The normalized spacial score (nSPS) is 12.2. The van der Waals surface area contributed by atoms with Gasteiger partial charge in [-0.2, -0.15) is 0 Å². The molecule has 0 saturated carbocycles. The van der Waals surface area contributed by atoms with Crippen molar-refractivity contribution in [2.24, 2.45) is 0 Å². The molecule has 1 aromatic heterocycles. The van der Waals surface area contributed by atoms with Crippen LogP contribution in [0.25, 0.3) is 0 Å². The molecule has 0 fully saturated rings. The summed E-state index contributed by atoms with van der Waals surface area (Å²) in [5, 5.41) is 11.8.